The molecular formula is C20H19ClN2O2. The Morgan fingerprint density at radius 3 is 2.48 bits per heavy atom. The molecule has 128 valence electrons. The molecule has 0 bridgehead atoms. The van der Waals surface area contributed by atoms with Crippen molar-refractivity contribution in [2.24, 2.45) is 0 Å². The zero-order valence-corrected chi connectivity index (χ0v) is 15.1. The Morgan fingerprint density at radius 1 is 1.04 bits per heavy atom. The number of halogens is 1. The molecule has 1 N–H and O–H groups in total. The minimum Gasteiger partial charge on any atom is -0.349 e. The second-order valence-corrected chi connectivity index (χ2v) is 6.44. The van der Waals surface area contributed by atoms with Crippen LogP contribution >= 0.6 is 11.6 Å². The molecule has 0 saturated carbocycles. The minimum absolute atomic E-state index is 0.0863. The average Bonchev–Trinajstić information content (AvgIpc) is 2.81. The summed E-state index contributed by atoms with van der Waals surface area (Å²) in [6.45, 7) is 5.88. The lowest BCUT2D eigenvalue weighted by Gasteiger charge is -2.18. The summed E-state index contributed by atoms with van der Waals surface area (Å²) in [4.78, 5) is 26.7. The lowest BCUT2D eigenvalue weighted by atomic mass is 10.1. The Morgan fingerprint density at radius 2 is 1.76 bits per heavy atom. The van der Waals surface area contributed by atoms with Gasteiger partial charge in [-0.05, 0) is 49.1 Å². The molecule has 2 aromatic rings. The Hall–Kier alpha value is -2.59. The molecule has 3 rings (SSSR count). The highest BCUT2D eigenvalue weighted by molar-refractivity contribution is 6.53. The lowest BCUT2D eigenvalue weighted by molar-refractivity contribution is -0.120. The molecule has 2 aromatic carbocycles. The molecule has 2 amide bonds. The van der Waals surface area contributed by atoms with Gasteiger partial charge in [-0.1, -0.05) is 48.9 Å². The van der Waals surface area contributed by atoms with Gasteiger partial charge in [0.25, 0.3) is 11.8 Å². The molecule has 4 nitrogen and oxygen atoms in total. The number of para-hydroxylation sites is 1. The zero-order chi connectivity index (χ0) is 18.1. The summed E-state index contributed by atoms with van der Waals surface area (Å²) in [5.74, 6) is -0.933. The SMILES string of the molecule is CCc1ccccc1N1C(=O)C(Cl)=C(Nc2cc(C)ccc2C)C1=O. The van der Waals surface area contributed by atoms with Crippen molar-refractivity contribution in [1.29, 1.82) is 0 Å². The van der Waals surface area contributed by atoms with Gasteiger partial charge in [-0.2, -0.15) is 0 Å². The number of amides is 2. The van der Waals surface area contributed by atoms with Crippen LogP contribution in [0.3, 0.4) is 0 Å². The van der Waals surface area contributed by atoms with Crippen molar-refractivity contribution in [2.75, 3.05) is 10.2 Å². The van der Waals surface area contributed by atoms with Crippen LogP contribution < -0.4 is 10.2 Å². The molecule has 0 aromatic heterocycles. The number of anilines is 2. The normalized spacial score (nSPS) is 14.5. The van der Waals surface area contributed by atoms with Crippen molar-refractivity contribution in [1.82, 2.24) is 0 Å². The van der Waals surface area contributed by atoms with Gasteiger partial charge in [-0.25, -0.2) is 4.90 Å². The molecular weight excluding hydrogens is 336 g/mol. The quantitative estimate of drug-likeness (QED) is 0.833. The molecule has 0 spiro atoms. The van der Waals surface area contributed by atoms with Crippen molar-refractivity contribution in [3.8, 4) is 0 Å². The Bertz CT molecular complexity index is 902. The highest BCUT2D eigenvalue weighted by atomic mass is 35.5. The maximum absolute atomic E-state index is 12.9. The average molecular weight is 355 g/mol. The second-order valence-electron chi connectivity index (χ2n) is 6.06. The number of nitrogens with zero attached hydrogens (tertiary/aromatic N) is 1. The third-order valence-corrected chi connectivity index (χ3v) is 4.64. The predicted octanol–water partition coefficient (Wildman–Crippen LogP) is 4.30. The Labute approximate surface area is 152 Å². The molecule has 0 radical (unpaired) electrons. The van der Waals surface area contributed by atoms with Crippen LogP contribution in [0.15, 0.2) is 53.2 Å². The van der Waals surface area contributed by atoms with E-state index in [9.17, 15) is 9.59 Å². The molecule has 5 heteroatoms. The number of benzene rings is 2. The summed E-state index contributed by atoms with van der Waals surface area (Å²) >= 11 is 6.21. The first-order valence-corrected chi connectivity index (χ1v) is 8.52. The number of rotatable bonds is 4. The molecule has 25 heavy (non-hydrogen) atoms. The number of carbonyl (C=O) groups excluding carboxylic acids is 2. The standard InChI is InChI=1S/C20H19ClN2O2/c1-4-14-7-5-6-8-16(14)23-19(24)17(21)18(20(23)25)22-15-11-12(2)9-10-13(15)3/h5-11,22H,4H2,1-3H3. The molecule has 0 saturated heterocycles. The van der Waals surface area contributed by atoms with Gasteiger partial charge in [0.05, 0.1) is 5.69 Å². The molecule has 0 fully saturated rings. The van der Waals surface area contributed by atoms with Gasteiger partial charge in [0.1, 0.15) is 10.7 Å². The molecule has 1 heterocycles. The van der Waals surface area contributed by atoms with Crippen LogP contribution in [0.25, 0.3) is 0 Å². The first kappa shape index (κ1) is 17.2. The van der Waals surface area contributed by atoms with E-state index < -0.39 is 11.8 Å². The smallest absolute Gasteiger partial charge is 0.283 e. The molecule has 0 atom stereocenters. The highest BCUT2D eigenvalue weighted by Crippen LogP contribution is 2.32. The number of aryl methyl sites for hydroxylation is 3. The highest BCUT2D eigenvalue weighted by Gasteiger charge is 2.39. The summed E-state index contributed by atoms with van der Waals surface area (Å²) in [5, 5.41) is 2.97. The van der Waals surface area contributed by atoms with Crippen molar-refractivity contribution in [3.05, 3.63) is 69.9 Å². The van der Waals surface area contributed by atoms with Gasteiger partial charge >= 0.3 is 0 Å². The topological polar surface area (TPSA) is 49.4 Å². The second kappa shape index (κ2) is 6.73. The van der Waals surface area contributed by atoms with Gasteiger partial charge in [-0.15, -0.1) is 0 Å². The fourth-order valence-electron chi connectivity index (χ4n) is 2.86. The van der Waals surface area contributed by atoms with E-state index in [2.05, 4.69) is 5.32 Å². The van der Waals surface area contributed by atoms with Crippen molar-refractivity contribution >= 4 is 34.8 Å². The molecule has 0 aliphatic carbocycles. The van der Waals surface area contributed by atoms with E-state index in [1.807, 2.05) is 51.1 Å². The summed E-state index contributed by atoms with van der Waals surface area (Å²) in [6, 6.07) is 13.2. The third-order valence-electron chi connectivity index (χ3n) is 4.29. The van der Waals surface area contributed by atoms with E-state index >= 15 is 0 Å². The summed E-state index contributed by atoms with van der Waals surface area (Å²) < 4.78 is 0. The Kier molecular flexibility index (Phi) is 4.64. The fraction of sp³-hybridized carbons (Fsp3) is 0.200. The molecule has 1 aliphatic heterocycles. The van der Waals surface area contributed by atoms with Gasteiger partial charge in [0.15, 0.2) is 0 Å². The van der Waals surface area contributed by atoms with E-state index in [1.54, 1.807) is 12.1 Å². The van der Waals surface area contributed by atoms with Gasteiger partial charge in [0.2, 0.25) is 0 Å². The van der Waals surface area contributed by atoms with Crippen molar-refractivity contribution < 1.29 is 9.59 Å². The first-order valence-electron chi connectivity index (χ1n) is 8.14. The number of nitrogens with one attached hydrogen (secondary N) is 1. The minimum atomic E-state index is -0.500. The first-order chi connectivity index (χ1) is 11.9. The van der Waals surface area contributed by atoms with Crippen molar-refractivity contribution in [3.63, 3.8) is 0 Å². The number of imide groups is 1. The predicted molar refractivity (Wildman–Crippen MR) is 101 cm³/mol. The van der Waals surface area contributed by atoms with E-state index in [4.69, 9.17) is 11.6 Å². The lowest BCUT2D eigenvalue weighted by Crippen LogP contribution is -2.33. The largest absolute Gasteiger partial charge is 0.349 e. The van der Waals surface area contributed by atoms with Gasteiger partial charge in [-0.3, -0.25) is 9.59 Å². The van der Waals surface area contributed by atoms with Gasteiger partial charge in [0, 0.05) is 5.69 Å². The maximum atomic E-state index is 12.9. The third kappa shape index (κ3) is 3.05. The van der Waals surface area contributed by atoms with Crippen LogP contribution in [-0.4, -0.2) is 11.8 Å². The van der Waals surface area contributed by atoms with Gasteiger partial charge < -0.3 is 5.32 Å². The van der Waals surface area contributed by atoms with Crippen LogP contribution in [0.5, 0.6) is 0 Å². The van der Waals surface area contributed by atoms with Crippen LogP contribution in [0.2, 0.25) is 0 Å². The van der Waals surface area contributed by atoms with Crippen LogP contribution in [0.4, 0.5) is 11.4 Å². The van der Waals surface area contributed by atoms with E-state index in [0.29, 0.717) is 12.1 Å². The van der Waals surface area contributed by atoms with E-state index in [-0.39, 0.29) is 10.7 Å². The number of hydrogen-bond acceptors (Lipinski definition) is 3. The molecule has 0 unspecified atom stereocenters. The van der Waals surface area contributed by atoms with Crippen LogP contribution in [0, 0.1) is 13.8 Å². The summed E-state index contributed by atoms with van der Waals surface area (Å²) in [5.41, 5.74) is 4.40. The van der Waals surface area contributed by atoms with E-state index in [0.717, 1.165) is 27.3 Å². The zero-order valence-electron chi connectivity index (χ0n) is 14.4. The fourth-order valence-corrected chi connectivity index (χ4v) is 3.08. The number of hydrogen-bond donors (Lipinski definition) is 1. The monoisotopic (exact) mass is 354 g/mol. The van der Waals surface area contributed by atoms with Crippen LogP contribution in [-0.2, 0) is 16.0 Å². The number of carbonyl (C=O) groups is 2. The maximum Gasteiger partial charge on any atom is 0.283 e. The summed E-state index contributed by atoms with van der Waals surface area (Å²) in [6.07, 6.45) is 0.713. The van der Waals surface area contributed by atoms with E-state index in [1.165, 1.54) is 0 Å². The van der Waals surface area contributed by atoms with Crippen molar-refractivity contribution in [2.45, 2.75) is 27.2 Å². The van der Waals surface area contributed by atoms with Crippen LogP contribution in [0.1, 0.15) is 23.6 Å². The molecule has 1 aliphatic rings. The Balaban J connectivity index is 1.98. The summed E-state index contributed by atoms with van der Waals surface area (Å²) in [7, 11) is 0.